The summed E-state index contributed by atoms with van der Waals surface area (Å²) in [5, 5.41) is 28.3. The number of ether oxygens (including phenoxy) is 1. The largest absolute Gasteiger partial charge is 0.508 e. The predicted molar refractivity (Wildman–Crippen MR) is 152 cm³/mol. The zero-order chi connectivity index (χ0) is 28.1. The average molecular weight is 563 g/mol. The van der Waals surface area contributed by atoms with Crippen molar-refractivity contribution in [3.63, 3.8) is 0 Å². The number of sulfonamides is 1. The maximum Gasteiger partial charge on any atom is 0.319 e. The number of phenolic OH excluding ortho intramolecular Hbond substituents is 1. The number of unbranched alkanes of at least 4 members (excludes halogenated alkanes) is 3. The van der Waals surface area contributed by atoms with Gasteiger partial charge in [-0.15, -0.1) is 0 Å². The number of nitrogens with zero attached hydrogens (tertiary/aromatic N) is 1. The number of carbonyl (C=O) groups is 1. The molecule has 39 heavy (non-hydrogen) atoms. The molecule has 0 aliphatic carbocycles. The van der Waals surface area contributed by atoms with Gasteiger partial charge in [-0.1, -0.05) is 26.2 Å². The highest BCUT2D eigenvalue weighted by atomic mass is 32.2. The number of aliphatic hydroxyl groups is 1. The zero-order valence-corrected chi connectivity index (χ0v) is 23.5. The molecule has 1 heterocycles. The van der Waals surface area contributed by atoms with Crippen LogP contribution in [0.5, 0.6) is 11.5 Å². The summed E-state index contributed by atoms with van der Waals surface area (Å²) in [5.74, 6) is 1.04. The van der Waals surface area contributed by atoms with Crippen molar-refractivity contribution in [1.29, 1.82) is 0 Å². The first-order valence-electron chi connectivity index (χ1n) is 13.7. The Morgan fingerprint density at radius 2 is 1.74 bits per heavy atom. The van der Waals surface area contributed by atoms with Crippen molar-refractivity contribution < 1.29 is 28.2 Å². The van der Waals surface area contributed by atoms with Crippen molar-refractivity contribution >= 4 is 21.7 Å². The fourth-order valence-corrected chi connectivity index (χ4v) is 5.86. The number of carbonyl (C=O) groups excluding carboxylic acids is 1. The second-order valence-corrected chi connectivity index (χ2v) is 11.9. The van der Waals surface area contributed by atoms with Gasteiger partial charge in [-0.3, -0.25) is 0 Å². The summed E-state index contributed by atoms with van der Waals surface area (Å²) in [6, 6.07) is 12.3. The molecule has 1 aliphatic rings. The van der Waals surface area contributed by atoms with Crippen LogP contribution in [0.1, 0.15) is 45.4 Å². The van der Waals surface area contributed by atoms with Crippen LogP contribution in [0.2, 0.25) is 0 Å². The topological polar surface area (TPSA) is 140 Å². The van der Waals surface area contributed by atoms with Gasteiger partial charge in [0, 0.05) is 31.9 Å². The lowest BCUT2D eigenvalue weighted by Crippen LogP contribution is -2.42. The molecular formula is C28H42N4O6S. The smallest absolute Gasteiger partial charge is 0.319 e. The molecule has 1 fully saturated rings. The molecule has 0 radical (unpaired) electrons. The van der Waals surface area contributed by atoms with Crippen LogP contribution < -0.4 is 20.7 Å². The highest BCUT2D eigenvalue weighted by Crippen LogP contribution is 2.24. The monoisotopic (exact) mass is 562 g/mol. The number of hydrogen-bond acceptors (Lipinski definition) is 7. The number of rotatable bonds is 15. The number of urea groups is 1. The number of amides is 2. The van der Waals surface area contributed by atoms with E-state index in [0.717, 1.165) is 38.5 Å². The van der Waals surface area contributed by atoms with Gasteiger partial charge in [0.15, 0.2) is 0 Å². The number of piperidine rings is 1. The van der Waals surface area contributed by atoms with Crippen LogP contribution in [0.3, 0.4) is 0 Å². The maximum atomic E-state index is 13.1. The summed E-state index contributed by atoms with van der Waals surface area (Å²) in [6.07, 6.45) is 5.08. The van der Waals surface area contributed by atoms with E-state index in [2.05, 4.69) is 22.9 Å². The molecule has 1 aliphatic heterocycles. The number of phenols is 1. The molecule has 3 rings (SSSR count). The number of aliphatic hydroxyl groups excluding tert-OH is 1. The molecule has 0 aromatic heterocycles. The molecule has 11 heteroatoms. The van der Waals surface area contributed by atoms with Crippen molar-refractivity contribution in [2.24, 2.45) is 5.92 Å². The lowest BCUT2D eigenvalue weighted by Gasteiger charge is -2.31. The molecule has 2 aromatic carbocycles. The Morgan fingerprint density at radius 3 is 2.41 bits per heavy atom. The first-order valence-corrected chi connectivity index (χ1v) is 15.2. The number of benzene rings is 2. The van der Waals surface area contributed by atoms with E-state index in [-0.39, 0.29) is 23.3 Å². The third kappa shape index (κ3) is 10.3. The number of hydrogen-bond donors (Lipinski definition) is 5. The Morgan fingerprint density at radius 1 is 1.05 bits per heavy atom. The van der Waals surface area contributed by atoms with E-state index in [0.29, 0.717) is 50.1 Å². The summed E-state index contributed by atoms with van der Waals surface area (Å²) >= 11 is 0. The fraction of sp³-hybridized carbons (Fsp3) is 0.536. The number of anilines is 1. The normalized spacial score (nSPS) is 15.5. The van der Waals surface area contributed by atoms with E-state index >= 15 is 0 Å². The van der Waals surface area contributed by atoms with Crippen molar-refractivity contribution in [2.45, 2.75) is 56.4 Å². The first-order chi connectivity index (χ1) is 18.8. The van der Waals surface area contributed by atoms with Crippen LogP contribution in [0.15, 0.2) is 53.4 Å². The molecule has 2 amide bonds. The summed E-state index contributed by atoms with van der Waals surface area (Å²) in [5.41, 5.74) is 0.542. The Hall–Kier alpha value is -2.86. The van der Waals surface area contributed by atoms with Gasteiger partial charge in [0.25, 0.3) is 0 Å². The standard InChI is InChI=1S/C28H42N4O6S/c1-2-3-4-5-16-30-28(35)31-23-6-12-27(13-7-23)39(36,37)32-17-14-22(15-18-32)19-29-20-25(34)21-38-26-10-8-24(33)9-11-26/h6-13,22,25,29,33-34H,2-5,14-21H2,1H3,(H2,30,31,35). The molecule has 0 bridgehead atoms. The molecule has 2 aromatic rings. The number of aromatic hydroxyl groups is 1. The van der Waals surface area contributed by atoms with Gasteiger partial charge in [-0.25, -0.2) is 13.2 Å². The zero-order valence-electron chi connectivity index (χ0n) is 22.6. The van der Waals surface area contributed by atoms with Crippen molar-refractivity contribution in [2.75, 3.05) is 44.6 Å². The van der Waals surface area contributed by atoms with Crippen LogP contribution in [-0.2, 0) is 10.0 Å². The maximum absolute atomic E-state index is 13.1. The minimum absolute atomic E-state index is 0.131. The Labute approximate surface area is 231 Å². The van der Waals surface area contributed by atoms with Gasteiger partial charge in [-0.05, 0) is 80.3 Å². The molecule has 1 unspecified atom stereocenters. The lowest BCUT2D eigenvalue weighted by molar-refractivity contribution is 0.104. The van der Waals surface area contributed by atoms with Gasteiger partial charge < -0.3 is 30.9 Å². The minimum atomic E-state index is -3.61. The second kappa shape index (κ2) is 15.7. The molecule has 1 atom stereocenters. The van der Waals surface area contributed by atoms with Crippen LogP contribution in [0, 0.1) is 5.92 Å². The molecule has 0 spiro atoms. The summed E-state index contributed by atoms with van der Waals surface area (Å²) in [6.45, 7) is 4.80. The fourth-order valence-electron chi connectivity index (χ4n) is 4.39. The third-order valence-corrected chi connectivity index (χ3v) is 8.64. The van der Waals surface area contributed by atoms with Crippen LogP contribution >= 0.6 is 0 Å². The van der Waals surface area contributed by atoms with Crippen molar-refractivity contribution in [3.8, 4) is 11.5 Å². The molecule has 1 saturated heterocycles. The van der Waals surface area contributed by atoms with Gasteiger partial charge in [0.1, 0.15) is 24.2 Å². The molecule has 216 valence electrons. The van der Waals surface area contributed by atoms with Gasteiger partial charge >= 0.3 is 6.03 Å². The van der Waals surface area contributed by atoms with Crippen LogP contribution in [0.25, 0.3) is 0 Å². The second-order valence-electron chi connectivity index (χ2n) is 9.93. The average Bonchev–Trinajstić information content (AvgIpc) is 2.93. The van der Waals surface area contributed by atoms with E-state index in [4.69, 9.17) is 4.74 Å². The molecule has 5 N–H and O–H groups in total. The van der Waals surface area contributed by atoms with Crippen LogP contribution in [0.4, 0.5) is 10.5 Å². The van der Waals surface area contributed by atoms with E-state index in [9.17, 15) is 23.4 Å². The SMILES string of the molecule is CCCCCCNC(=O)Nc1ccc(S(=O)(=O)N2CCC(CNCC(O)COc3ccc(O)cc3)CC2)cc1. The van der Waals surface area contributed by atoms with Gasteiger partial charge in [-0.2, -0.15) is 4.31 Å². The predicted octanol–water partition coefficient (Wildman–Crippen LogP) is 3.52. The van der Waals surface area contributed by atoms with Crippen molar-refractivity contribution in [3.05, 3.63) is 48.5 Å². The van der Waals surface area contributed by atoms with E-state index in [1.807, 2.05) is 0 Å². The quantitative estimate of drug-likeness (QED) is 0.209. The van der Waals surface area contributed by atoms with E-state index in [1.165, 1.54) is 28.6 Å². The van der Waals surface area contributed by atoms with E-state index < -0.39 is 16.1 Å². The number of nitrogens with one attached hydrogen (secondary N) is 3. The first kappa shape index (κ1) is 30.7. The summed E-state index contributed by atoms with van der Waals surface area (Å²) in [4.78, 5) is 12.2. The lowest BCUT2D eigenvalue weighted by atomic mass is 9.98. The highest BCUT2D eigenvalue weighted by Gasteiger charge is 2.29. The minimum Gasteiger partial charge on any atom is -0.508 e. The van der Waals surface area contributed by atoms with Gasteiger partial charge in [0.2, 0.25) is 10.0 Å². The highest BCUT2D eigenvalue weighted by molar-refractivity contribution is 7.89. The van der Waals surface area contributed by atoms with Crippen molar-refractivity contribution in [1.82, 2.24) is 14.9 Å². The third-order valence-electron chi connectivity index (χ3n) is 6.73. The van der Waals surface area contributed by atoms with Crippen LogP contribution in [-0.4, -0.2) is 74.4 Å². The summed E-state index contributed by atoms with van der Waals surface area (Å²) < 4.78 is 33.3. The summed E-state index contributed by atoms with van der Waals surface area (Å²) in [7, 11) is -3.61. The molecule has 0 saturated carbocycles. The Kier molecular flexibility index (Phi) is 12.3. The Bertz CT molecular complexity index is 1100. The van der Waals surface area contributed by atoms with Gasteiger partial charge in [0.05, 0.1) is 4.90 Å². The molecular weight excluding hydrogens is 520 g/mol. The van der Waals surface area contributed by atoms with E-state index in [1.54, 1.807) is 24.3 Å². The Balaban J connectivity index is 1.35. The molecule has 10 nitrogen and oxygen atoms in total.